The Kier molecular flexibility index (Phi) is 4.66. The van der Waals surface area contributed by atoms with Gasteiger partial charge in [0.25, 0.3) is 5.91 Å². The molecule has 2 aliphatic rings. The average Bonchev–Trinajstić information content (AvgIpc) is 3.15. The Morgan fingerprint density at radius 2 is 1.88 bits per heavy atom. The van der Waals surface area contributed by atoms with Gasteiger partial charge in [0, 0.05) is 29.9 Å². The van der Waals surface area contributed by atoms with Gasteiger partial charge in [0.2, 0.25) is 5.43 Å². The zero-order valence-corrected chi connectivity index (χ0v) is 18.2. The first-order valence-electron chi connectivity index (χ1n) is 10.3. The maximum Gasteiger partial charge on any atom is 0.275 e. The number of halogens is 2. The van der Waals surface area contributed by atoms with E-state index >= 15 is 0 Å². The molecule has 0 aliphatic carbocycles. The number of fused-ring (bicyclic) bond motifs is 4. The summed E-state index contributed by atoms with van der Waals surface area (Å²) in [4.78, 5) is 27.9. The van der Waals surface area contributed by atoms with Gasteiger partial charge < -0.3 is 14.6 Å². The van der Waals surface area contributed by atoms with Gasteiger partial charge in [0.1, 0.15) is 11.6 Å². The minimum Gasteiger partial charge on any atom is -0.503 e. The predicted octanol–water partition coefficient (Wildman–Crippen LogP) is 3.98. The van der Waals surface area contributed by atoms with Crippen LogP contribution in [0, 0.1) is 11.6 Å². The summed E-state index contributed by atoms with van der Waals surface area (Å²) in [6.45, 7) is 4.47. The number of carbonyl (C=O) groups excluding carboxylic acids is 1. The molecular formula is C22H20F2N4O3S. The highest BCUT2D eigenvalue weighted by atomic mass is 32.1. The SMILES string of the molecule is CC1(C)CCCC2CN1C(=O)c1c(O)c(=O)c(-c3nnc(-c4ccc(F)cc4F)s3)cn12. The van der Waals surface area contributed by atoms with E-state index in [2.05, 4.69) is 10.2 Å². The molecule has 10 heteroatoms. The zero-order valence-electron chi connectivity index (χ0n) is 17.4. The number of benzene rings is 1. The van der Waals surface area contributed by atoms with Crippen molar-refractivity contribution in [2.24, 2.45) is 0 Å². The Morgan fingerprint density at radius 1 is 1.16 bits per heavy atom. The summed E-state index contributed by atoms with van der Waals surface area (Å²) < 4.78 is 29.1. The molecule has 5 rings (SSSR count). The van der Waals surface area contributed by atoms with Crippen LogP contribution in [0.3, 0.4) is 0 Å². The number of aromatic hydroxyl groups is 1. The van der Waals surface area contributed by atoms with Crippen molar-refractivity contribution in [1.29, 1.82) is 0 Å². The Bertz CT molecular complexity index is 1320. The molecule has 1 atom stereocenters. The largest absolute Gasteiger partial charge is 0.503 e. The van der Waals surface area contributed by atoms with E-state index in [1.807, 2.05) is 13.8 Å². The van der Waals surface area contributed by atoms with Crippen LogP contribution in [0.4, 0.5) is 8.78 Å². The lowest BCUT2D eigenvalue weighted by molar-refractivity contribution is 0.0451. The van der Waals surface area contributed by atoms with E-state index in [-0.39, 0.29) is 44.3 Å². The van der Waals surface area contributed by atoms with E-state index in [0.29, 0.717) is 6.54 Å². The number of nitrogens with zero attached hydrogens (tertiary/aromatic N) is 4. The van der Waals surface area contributed by atoms with Crippen LogP contribution < -0.4 is 5.43 Å². The van der Waals surface area contributed by atoms with Gasteiger partial charge in [-0.2, -0.15) is 0 Å². The molecule has 1 saturated heterocycles. The third kappa shape index (κ3) is 3.12. The van der Waals surface area contributed by atoms with Gasteiger partial charge in [-0.05, 0) is 45.2 Å². The maximum atomic E-state index is 14.2. The second-order valence-corrected chi connectivity index (χ2v) is 9.76. The number of rotatable bonds is 2. The first-order valence-corrected chi connectivity index (χ1v) is 11.1. The van der Waals surface area contributed by atoms with E-state index in [0.717, 1.165) is 42.7 Å². The first-order chi connectivity index (χ1) is 15.2. The van der Waals surface area contributed by atoms with Crippen LogP contribution in [0.1, 0.15) is 49.6 Å². The molecule has 0 saturated carbocycles. The molecule has 7 nitrogen and oxygen atoms in total. The van der Waals surface area contributed by atoms with Crippen LogP contribution in [-0.2, 0) is 0 Å². The summed E-state index contributed by atoms with van der Waals surface area (Å²) in [5, 5.41) is 19.1. The third-order valence-electron chi connectivity index (χ3n) is 6.32. The second kappa shape index (κ2) is 7.19. The van der Waals surface area contributed by atoms with E-state index in [4.69, 9.17) is 0 Å². The molecule has 3 aromatic rings. The van der Waals surface area contributed by atoms with E-state index in [1.165, 1.54) is 6.07 Å². The van der Waals surface area contributed by atoms with Crippen molar-refractivity contribution in [3.8, 4) is 26.9 Å². The van der Waals surface area contributed by atoms with Crippen molar-refractivity contribution < 1.29 is 18.7 Å². The van der Waals surface area contributed by atoms with Crippen LogP contribution in [0.25, 0.3) is 21.1 Å². The van der Waals surface area contributed by atoms with Crippen LogP contribution in [0.15, 0.2) is 29.2 Å². The van der Waals surface area contributed by atoms with Crippen LogP contribution in [0.5, 0.6) is 5.75 Å². The number of hydrogen-bond donors (Lipinski definition) is 1. The summed E-state index contributed by atoms with van der Waals surface area (Å²) in [7, 11) is 0. The standard InChI is InChI=1S/C22H20F2N4O3S/c1-22(2)7-3-4-12-9-28(22)21(31)16-18(30)17(29)14(10-27(12)16)20-26-25-19(32-20)13-6-5-11(23)8-15(13)24/h5-6,8,10,12,30H,3-4,7,9H2,1-2H3. The quantitative estimate of drug-likeness (QED) is 0.628. The van der Waals surface area contributed by atoms with E-state index in [1.54, 1.807) is 15.7 Å². The Morgan fingerprint density at radius 3 is 2.59 bits per heavy atom. The molecule has 1 N–H and O–H groups in total. The lowest BCUT2D eigenvalue weighted by Crippen LogP contribution is -2.52. The summed E-state index contributed by atoms with van der Waals surface area (Å²) in [5.74, 6) is -2.49. The number of amides is 1. The van der Waals surface area contributed by atoms with Crippen molar-refractivity contribution in [1.82, 2.24) is 19.7 Å². The number of hydrogen-bond acceptors (Lipinski definition) is 6. The number of carbonyl (C=O) groups is 1. The van der Waals surface area contributed by atoms with Gasteiger partial charge in [-0.25, -0.2) is 8.78 Å². The highest BCUT2D eigenvalue weighted by Crippen LogP contribution is 2.39. The van der Waals surface area contributed by atoms with Crippen LogP contribution in [0.2, 0.25) is 0 Å². The molecular weight excluding hydrogens is 438 g/mol. The second-order valence-electron chi connectivity index (χ2n) is 8.79. The minimum atomic E-state index is -0.788. The smallest absolute Gasteiger partial charge is 0.275 e. The van der Waals surface area contributed by atoms with E-state index < -0.39 is 22.8 Å². The minimum absolute atomic E-state index is 0.0145. The molecule has 0 radical (unpaired) electrons. The zero-order chi connectivity index (χ0) is 22.8. The van der Waals surface area contributed by atoms with Crippen molar-refractivity contribution in [2.75, 3.05) is 6.54 Å². The van der Waals surface area contributed by atoms with Crippen LogP contribution in [-0.4, -0.2) is 42.8 Å². The Labute approximate surface area is 186 Å². The molecule has 2 bridgehead atoms. The van der Waals surface area contributed by atoms with Crippen LogP contribution >= 0.6 is 11.3 Å². The fourth-order valence-electron chi connectivity index (χ4n) is 4.54. The Hall–Kier alpha value is -3.14. The normalized spacial score (nSPS) is 19.6. The molecule has 2 aromatic heterocycles. The summed E-state index contributed by atoms with van der Waals surface area (Å²) in [6.07, 6.45) is 4.06. The first kappa shape index (κ1) is 20.7. The molecule has 4 heterocycles. The molecule has 1 amide bonds. The third-order valence-corrected chi connectivity index (χ3v) is 7.31. The maximum absolute atomic E-state index is 14.2. The van der Waals surface area contributed by atoms with Gasteiger partial charge in [0.05, 0.1) is 11.6 Å². The average molecular weight is 458 g/mol. The van der Waals surface area contributed by atoms with Crippen molar-refractivity contribution in [2.45, 2.75) is 44.7 Å². The molecule has 2 aliphatic heterocycles. The van der Waals surface area contributed by atoms with Gasteiger partial charge in [-0.15, -0.1) is 10.2 Å². The summed E-state index contributed by atoms with van der Waals surface area (Å²) in [6, 6.07) is 3.04. The molecule has 166 valence electrons. The lowest BCUT2D eigenvalue weighted by atomic mass is 9.96. The van der Waals surface area contributed by atoms with Crippen molar-refractivity contribution >= 4 is 17.2 Å². The highest BCUT2D eigenvalue weighted by Gasteiger charge is 2.43. The summed E-state index contributed by atoms with van der Waals surface area (Å²) >= 11 is 0.956. The van der Waals surface area contributed by atoms with Gasteiger partial charge in [0.15, 0.2) is 21.5 Å². The highest BCUT2D eigenvalue weighted by molar-refractivity contribution is 7.17. The topological polar surface area (TPSA) is 88.3 Å². The monoisotopic (exact) mass is 458 g/mol. The Balaban J connectivity index is 1.63. The molecule has 1 fully saturated rings. The fraction of sp³-hybridized carbons (Fsp3) is 0.364. The molecule has 32 heavy (non-hydrogen) atoms. The number of aromatic nitrogens is 3. The fourth-order valence-corrected chi connectivity index (χ4v) is 5.42. The van der Waals surface area contributed by atoms with Gasteiger partial charge in [-0.3, -0.25) is 9.59 Å². The van der Waals surface area contributed by atoms with Gasteiger partial charge >= 0.3 is 0 Å². The molecule has 1 aromatic carbocycles. The molecule has 1 unspecified atom stereocenters. The molecule has 0 spiro atoms. The summed E-state index contributed by atoms with van der Waals surface area (Å²) in [5.41, 5.74) is -0.966. The lowest BCUT2D eigenvalue weighted by Gasteiger charge is -2.42. The van der Waals surface area contributed by atoms with Gasteiger partial charge in [-0.1, -0.05) is 11.3 Å². The van der Waals surface area contributed by atoms with Crippen molar-refractivity contribution in [3.05, 3.63) is 51.9 Å². The van der Waals surface area contributed by atoms with E-state index in [9.17, 15) is 23.5 Å². The predicted molar refractivity (Wildman–Crippen MR) is 115 cm³/mol. The van der Waals surface area contributed by atoms with Crippen molar-refractivity contribution in [3.63, 3.8) is 0 Å². The number of pyridine rings is 1.